The molecule has 3 rings (SSSR count). The second-order valence-corrected chi connectivity index (χ2v) is 5.47. The number of Topliss-reactive ketones (excluding diaryl/α,β-unsaturated/α-hetero) is 1. The van der Waals surface area contributed by atoms with Crippen molar-refractivity contribution in [1.29, 1.82) is 0 Å². The first-order valence-corrected chi connectivity index (χ1v) is 7.08. The van der Waals surface area contributed by atoms with Crippen molar-refractivity contribution < 1.29 is 9.53 Å². The lowest BCUT2D eigenvalue weighted by Gasteiger charge is -2.24. The molecule has 1 heterocycles. The Balaban J connectivity index is 1.63. The minimum absolute atomic E-state index is 0.226. The average Bonchev–Trinajstić information content (AvgIpc) is 2.91. The Hall–Kier alpha value is -1.15. The van der Waals surface area contributed by atoms with E-state index in [9.17, 15) is 4.79 Å². The first-order chi connectivity index (χ1) is 8.84. The predicted molar refractivity (Wildman–Crippen MR) is 70.8 cm³/mol. The highest BCUT2D eigenvalue weighted by molar-refractivity contribution is 6.00. The topological polar surface area (TPSA) is 26.3 Å². The van der Waals surface area contributed by atoms with Crippen LogP contribution in [-0.2, 0) is 11.2 Å². The van der Waals surface area contributed by atoms with Crippen LogP contribution in [0.5, 0.6) is 0 Å². The quantitative estimate of drug-likeness (QED) is 0.814. The molecule has 0 radical (unpaired) electrons. The number of fused-ring (bicyclic) bond motifs is 1. The molecule has 0 spiro atoms. The van der Waals surface area contributed by atoms with E-state index in [2.05, 4.69) is 6.07 Å². The molecule has 1 aromatic rings. The zero-order valence-electron chi connectivity index (χ0n) is 10.7. The molecule has 1 fully saturated rings. The van der Waals surface area contributed by atoms with Crippen molar-refractivity contribution in [3.05, 3.63) is 35.4 Å². The van der Waals surface area contributed by atoms with E-state index in [1.165, 1.54) is 18.4 Å². The molecule has 1 saturated heterocycles. The zero-order chi connectivity index (χ0) is 12.4. The lowest BCUT2D eigenvalue weighted by molar-refractivity contribution is 0.0817. The molecule has 1 aliphatic heterocycles. The molecule has 0 bridgehead atoms. The van der Waals surface area contributed by atoms with Crippen molar-refractivity contribution in [2.75, 3.05) is 6.61 Å². The number of ketones is 1. The summed E-state index contributed by atoms with van der Waals surface area (Å²) in [5, 5.41) is 0. The summed E-state index contributed by atoms with van der Waals surface area (Å²) in [5.74, 6) is 0.582. The predicted octanol–water partition coefficient (Wildman–Crippen LogP) is 3.39. The van der Waals surface area contributed by atoms with Crippen molar-refractivity contribution in [3.63, 3.8) is 0 Å². The van der Waals surface area contributed by atoms with E-state index in [0.717, 1.165) is 37.9 Å². The van der Waals surface area contributed by atoms with Gasteiger partial charge in [-0.3, -0.25) is 4.79 Å². The lowest BCUT2D eigenvalue weighted by Crippen LogP contribution is -2.23. The molecule has 0 saturated carbocycles. The maximum Gasteiger partial charge on any atom is 0.166 e. The molecule has 0 aromatic heterocycles. The number of benzene rings is 1. The number of rotatable bonds is 3. The molecule has 2 nitrogen and oxygen atoms in total. The van der Waals surface area contributed by atoms with E-state index >= 15 is 0 Å². The fourth-order valence-corrected chi connectivity index (χ4v) is 3.19. The van der Waals surface area contributed by atoms with E-state index < -0.39 is 0 Å². The summed E-state index contributed by atoms with van der Waals surface area (Å²) in [5.41, 5.74) is 2.19. The van der Waals surface area contributed by atoms with Crippen molar-refractivity contribution >= 4 is 5.78 Å². The van der Waals surface area contributed by atoms with E-state index in [1.807, 2.05) is 18.2 Å². The van der Waals surface area contributed by atoms with E-state index in [-0.39, 0.29) is 5.92 Å². The van der Waals surface area contributed by atoms with Crippen LogP contribution in [0.4, 0.5) is 0 Å². The third-order valence-corrected chi connectivity index (χ3v) is 4.28. The van der Waals surface area contributed by atoms with Gasteiger partial charge in [-0.15, -0.1) is 0 Å². The largest absolute Gasteiger partial charge is 0.378 e. The summed E-state index contributed by atoms with van der Waals surface area (Å²) >= 11 is 0. The van der Waals surface area contributed by atoms with Gasteiger partial charge in [0.25, 0.3) is 0 Å². The average molecular weight is 244 g/mol. The van der Waals surface area contributed by atoms with E-state index in [0.29, 0.717) is 11.9 Å². The molecule has 2 heteroatoms. The SMILES string of the molecule is O=C1c2ccccc2CCC1CCC1CCCO1. The van der Waals surface area contributed by atoms with Gasteiger partial charge in [-0.25, -0.2) is 0 Å². The summed E-state index contributed by atoms with van der Waals surface area (Å²) in [6.45, 7) is 0.909. The van der Waals surface area contributed by atoms with Crippen molar-refractivity contribution in [2.24, 2.45) is 5.92 Å². The molecule has 18 heavy (non-hydrogen) atoms. The highest BCUT2D eigenvalue weighted by Crippen LogP contribution is 2.30. The third kappa shape index (κ3) is 2.35. The van der Waals surface area contributed by atoms with E-state index in [1.54, 1.807) is 0 Å². The number of aryl methyl sites for hydroxylation is 1. The Labute approximate surface area is 108 Å². The van der Waals surface area contributed by atoms with Crippen molar-refractivity contribution in [2.45, 2.75) is 44.6 Å². The number of carbonyl (C=O) groups excluding carboxylic acids is 1. The molecule has 2 aliphatic rings. The van der Waals surface area contributed by atoms with Crippen LogP contribution in [0, 0.1) is 5.92 Å². The van der Waals surface area contributed by atoms with Gasteiger partial charge in [0.1, 0.15) is 0 Å². The summed E-state index contributed by atoms with van der Waals surface area (Å²) < 4.78 is 5.64. The molecular formula is C16H20O2. The number of ether oxygens (including phenoxy) is 1. The van der Waals surface area contributed by atoms with Crippen LogP contribution >= 0.6 is 0 Å². The summed E-state index contributed by atoms with van der Waals surface area (Å²) in [7, 11) is 0. The first-order valence-electron chi connectivity index (χ1n) is 7.08. The fourth-order valence-electron chi connectivity index (χ4n) is 3.19. The monoisotopic (exact) mass is 244 g/mol. The maximum absolute atomic E-state index is 12.4. The fraction of sp³-hybridized carbons (Fsp3) is 0.562. The van der Waals surface area contributed by atoms with Gasteiger partial charge in [0, 0.05) is 18.1 Å². The van der Waals surface area contributed by atoms with Gasteiger partial charge in [-0.2, -0.15) is 0 Å². The van der Waals surface area contributed by atoms with Gasteiger partial charge < -0.3 is 4.74 Å². The minimum Gasteiger partial charge on any atom is -0.378 e. The van der Waals surface area contributed by atoms with Crippen LogP contribution in [0.2, 0.25) is 0 Å². The lowest BCUT2D eigenvalue weighted by atomic mass is 9.80. The van der Waals surface area contributed by atoms with Gasteiger partial charge in [0.2, 0.25) is 0 Å². The first kappa shape index (κ1) is 11.9. The number of carbonyl (C=O) groups is 1. The molecule has 1 aromatic carbocycles. The number of hydrogen-bond donors (Lipinski definition) is 0. The Morgan fingerprint density at radius 3 is 2.89 bits per heavy atom. The molecule has 96 valence electrons. The summed E-state index contributed by atoms with van der Waals surface area (Å²) in [6, 6.07) is 8.07. The van der Waals surface area contributed by atoms with E-state index in [4.69, 9.17) is 4.74 Å². The normalized spacial score (nSPS) is 27.2. The van der Waals surface area contributed by atoms with Crippen LogP contribution in [-0.4, -0.2) is 18.5 Å². The smallest absolute Gasteiger partial charge is 0.166 e. The van der Waals surface area contributed by atoms with Gasteiger partial charge in [-0.1, -0.05) is 24.3 Å². The maximum atomic E-state index is 12.4. The second kappa shape index (κ2) is 5.23. The van der Waals surface area contributed by atoms with Crippen LogP contribution in [0.1, 0.15) is 48.0 Å². The Kier molecular flexibility index (Phi) is 3.46. The van der Waals surface area contributed by atoms with Gasteiger partial charge >= 0.3 is 0 Å². The Morgan fingerprint density at radius 2 is 2.06 bits per heavy atom. The van der Waals surface area contributed by atoms with Crippen molar-refractivity contribution in [1.82, 2.24) is 0 Å². The van der Waals surface area contributed by atoms with Crippen LogP contribution < -0.4 is 0 Å². The summed E-state index contributed by atoms with van der Waals surface area (Å²) in [4.78, 5) is 12.4. The zero-order valence-corrected chi connectivity index (χ0v) is 10.7. The van der Waals surface area contributed by atoms with Crippen molar-refractivity contribution in [3.8, 4) is 0 Å². The Bertz CT molecular complexity index is 432. The molecule has 2 unspecified atom stereocenters. The number of hydrogen-bond acceptors (Lipinski definition) is 2. The van der Waals surface area contributed by atoms with Crippen LogP contribution in [0.25, 0.3) is 0 Å². The Morgan fingerprint density at radius 1 is 1.17 bits per heavy atom. The minimum atomic E-state index is 0.226. The third-order valence-electron chi connectivity index (χ3n) is 4.28. The highest BCUT2D eigenvalue weighted by atomic mass is 16.5. The molecule has 0 N–H and O–H groups in total. The molecule has 1 aliphatic carbocycles. The standard InChI is InChI=1S/C16H20O2/c17-16-13(9-10-14-5-3-11-18-14)8-7-12-4-1-2-6-15(12)16/h1-2,4,6,13-14H,3,5,7-11H2. The van der Waals surface area contributed by atoms with Gasteiger partial charge in [0.05, 0.1) is 6.10 Å². The van der Waals surface area contributed by atoms with Gasteiger partial charge in [-0.05, 0) is 44.1 Å². The molecule has 2 atom stereocenters. The molecular weight excluding hydrogens is 224 g/mol. The van der Waals surface area contributed by atoms with Crippen LogP contribution in [0.15, 0.2) is 24.3 Å². The summed E-state index contributed by atoms with van der Waals surface area (Å²) in [6.07, 6.45) is 6.90. The second-order valence-electron chi connectivity index (χ2n) is 5.47. The molecule has 0 amide bonds. The van der Waals surface area contributed by atoms with Crippen LogP contribution in [0.3, 0.4) is 0 Å². The highest BCUT2D eigenvalue weighted by Gasteiger charge is 2.28. The van der Waals surface area contributed by atoms with Gasteiger partial charge in [0.15, 0.2) is 5.78 Å².